The molecule has 0 atom stereocenters. The molecule has 4 nitrogen and oxygen atoms in total. The summed E-state index contributed by atoms with van der Waals surface area (Å²) >= 11 is 0. The number of nitrogens with zero attached hydrogens (tertiary/aromatic N) is 1. The summed E-state index contributed by atoms with van der Waals surface area (Å²) in [6.07, 6.45) is 9.46. The fourth-order valence-corrected chi connectivity index (χ4v) is 4.83. The van der Waals surface area contributed by atoms with Gasteiger partial charge in [0, 0.05) is 19.4 Å². The van der Waals surface area contributed by atoms with Gasteiger partial charge in [0.2, 0.25) is 11.8 Å². The minimum Gasteiger partial charge on any atom is -0.328 e. The van der Waals surface area contributed by atoms with E-state index in [0.717, 1.165) is 38.5 Å². The zero-order valence-corrected chi connectivity index (χ0v) is 13.2. The van der Waals surface area contributed by atoms with Crippen LogP contribution in [0.4, 0.5) is 0 Å². The summed E-state index contributed by atoms with van der Waals surface area (Å²) in [5, 5.41) is 0. The van der Waals surface area contributed by atoms with Gasteiger partial charge in [-0.15, -0.1) is 0 Å². The average Bonchev–Trinajstić information content (AvgIpc) is 2.88. The highest BCUT2D eigenvalue weighted by atomic mass is 16.2. The van der Waals surface area contributed by atoms with Crippen LogP contribution in [0.1, 0.15) is 71.1 Å². The van der Waals surface area contributed by atoms with Crippen LogP contribution in [0.5, 0.6) is 0 Å². The Morgan fingerprint density at radius 2 is 1.57 bits per heavy atom. The lowest BCUT2D eigenvalue weighted by atomic mass is 9.71. The van der Waals surface area contributed by atoms with Crippen LogP contribution in [-0.2, 0) is 9.59 Å². The summed E-state index contributed by atoms with van der Waals surface area (Å²) in [5.41, 5.74) is 5.64. The molecule has 2 N–H and O–H groups in total. The lowest BCUT2D eigenvalue weighted by molar-refractivity contribution is -0.163. The molecular formula is C17H28N2O2. The number of amides is 2. The number of imide groups is 1. The molecule has 21 heavy (non-hydrogen) atoms. The predicted octanol–water partition coefficient (Wildman–Crippen LogP) is 2.60. The molecule has 0 unspecified atom stereocenters. The summed E-state index contributed by atoms with van der Waals surface area (Å²) in [6, 6.07) is 0. The van der Waals surface area contributed by atoms with E-state index in [2.05, 4.69) is 6.92 Å². The Labute approximate surface area is 127 Å². The Kier molecular flexibility index (Phi) is 3.85. The third-order valence-corrected chi connectivity index (χ3v) is 6.27. The first-order valence-corrected chi connectivity index (χ1v) is 8.56. The van der Waals surface area contributed by atoms with Gasteiger partial charge in [-0.2, -0.15) is 0 Å². The van der Waals surface area contributed by atoms with Crippen LogP contribution >= 0.6 is 0 Å². The van der Waals surface area contributed by atoms with E-state index in [1.54, 1.807) is 4.90 Å². The largest absolute Gasteiger partial charge is 0.328 e. The standard InChI is InChI=1S/C17H28N2O2/c1-13-4-8-17(12-18,9-5-13)19-14(20)10-16(11-15(19)21)6-2-3-7-16/h13H,2-12,18H2,1H3. The van der Waals surface area contributed by atoms with E-state index in [4.69, 9.17) is 5.73 Å². The van der Waals surface area contributed by atoms with Crippen LogP contribution in [0.15, 0.2) is 0 Å². The second kappa shape index (κ2) is 5.38. The van der Waals surface area contributed by atoms with E-state index in [1.807, 2.05) is 0 Å². The van der Waals surface area contributed by atoms with Crippen LogP contribution in [0, 0.1) is 11.3 Å². The molecule has 118 valence electrons. The second-order valence-corrected chi connectivity index (χ2v) is 7.79. The molecule has 1 saturated heterocycles. The zero-order chi connectivity index (χ0) is 15.1. The summed E-state index contributed by atoms with van der Waals surface area (Å²) in [4.78, 5) is 27.1. The van der Waals surface area contributed by atoms with Gasteiger partial charge in [0.25, 0.3) is 0 Å². The van der Waals surface area contributed by atoms with Gasteiger partial charge in [0.15, 0.2) is 0 Å². The van der Waals surface area contributed by atoms with E-state index < -0.39 is 0 Å². The van der Waals surface area contributed by atoms with Gasteiger partial charge in [-0.1, -0.05) is 19.8 Å². The lowest BCUT2D eigenvalue weighted by Crippen LogP contribution is -2.63. The van der Waals surface area contributed by atoms with Gasteiger partial charge in [0.05, 0.1) is 5.54 Å². The van der Waals surface area contributed by atoms with Crippen molar-refractivity contribution in [3.63, 3.8) is 0 Å². The number of rotatable bonds is 2. The molecule has 2 aliphatic carbocycles. The highest BCUT2D eigenvalue weighted by Gasteiger charge is 2.51. The molecule has 0 aromatic rings. The predicted molar refractivity (Wildman–Crippen MR) is 81.4 cm³/mol. The molecule has 0 radical (unpaired) electrons. The van der Waals surface area contributed by atoms with Crippen LogP contribution in [0.25, 0.3) is 0 Å². The Hall–Kier alpha value is -0.900. The Bertz CT molecular complexity index is 412. The van der Waals surface area contributed by atoms with Gasteiger partial charge in [-0.3, -0.25) is 14.5 Å². The number of carbonyl (C=O) groups excluding carboxylic acids is 2. The van der Waals surface area contributed by atoms with E-state index in [9.17, 15) is 9.59 Å². The fraction of sp³-hybridized carbons (Fsp3) is 0.882. The highest BCUT2D eigenvalue weighted by molar-refractivity contribution is 5.99. The molecule has 2 amide bonds. The van der Waals surface area contributed by atoms with Crippen molar-refractivity contribution in [2.24, 2.45) is 17.1 Å². The van der Waals surface area contributed by atoms with Crippen molar-refractivity contribution in [2.75, 3.05) is 6.54 Å². The molecule has 4 heteroatoms. The number of carbonyl (C=O) groups is 2. The minimum atomic E-state index is -0.388. The van der Waals surface area contributed by atoms with E-state index in [-0.39, 0.29) is 22.8 Å². The second-order valence-electron chi connectivity index (χ2n) is 7.79. The first-order valence-electron chi connectivity index (χ1n) is 8.56. The van der Waals surface area contributed by atoms with Gasteiger partial charge in [-0.05, 0) is 49.9 Å². The first-order chi connectivity index (χ1) is 10.0. The van der Waals surface area contributed by atoms with Crippen molar-refractivity contribution in [3.8, 4) is 0 Å². The van der Waals surface area contributed by atoms with Crippen molar-refractivity contribution < 1.29 is 9.59 Å². The van der Waals surface area contributed by atoms with E-state index in [0.29, 0.717) is 25.3 Å². The molecule has 0 aromatic carbocycles. The average molecular weight is 292 g/mol. The number of hydrogen-bond acceptors (Lipinski definition) is 3. The monoisotopic (exact) mass is 292 g/mol. The normalized spacial score (nSPS) is 36.5. The molecule has 0 aromatic heterocycles. The molecule has 1 spiro atoms. The zero-order valence-electron chi connectivity index (χ0n) is 13.2. The van der Waals surface area contributed by atoms with Crippen molar-refractivity contribution in [2.45, 2.75) is 76.7 Å². The van der Waals surface area contributed by atoms with Crippen molar-refractivity contribution in [1.82, 2.24) is 4.90 Å². The molecule has 2 saturated carbocycles. The lowest BCUT2D eigenvalue weighted by Gasteiger charge is -2.50. The van der Waals surface area contributed by atoms with Gasteiger partial charge in [-0.25, -0.2) is 0 Å². The smallest absolute Gasteiger partial charge is 0.230 e. The Morgan fingerprint density at radius 3 is 2.05 bits per heavy atom. The Morgan fingerprint density at radius 1 is 1.05 bits per heavy atom. The molecule has 3 aliphatic rings. The molecule has 0 bridgehead atoms. The van der Waals surface area contributed by atoms with E-state index >= 15 is 0 Å². The number of piperidine rings is 1. The van der Waals surface area contributed by atoms with Crippen molar-refractivity contribution >= 4 is 11.8 Å². The van der Waals surface area contributed by atoms with Gasteiger partial charge in [0.1, 0.15) is 0 Å². The first kappa shape index (κ1) is 15.0. The quantitative estimate of drug-likeness (QED) is 0.796. The number of nitrogens with two attached hydrogens (primary N) is 1. The molecule has 1 aliphatic heterocycles. The number of likely N-dealkylation sites (tertiary alicyclic amines) is 1. The van der Waals surface area contributed by atoms with Gasteiger partial charge >= 0.3 is 0 Å². The summed E-state index contributed by atoms with van der Waals surface area (Å²) in [7, 11) is 0. The van der Waals surface area contributed by atoms with Crippen LogP contribution < -0.4 is 5.73 Å². The maximum Gasteiger partial charge on any atom is 0.230 e. The SMILES string of the molecule is CC1CCC(CN)(N2C(=O)CC3(CCCC3)CC2=O)CC1. The molecule has 3 rings (SSSR count). The fourth-order valence-electron chi connectivity index (χ4n) is 4.83. The van der Waals surface area contributed by atoms with Crippen LogP contribution in [0.3, 0.4) is 0 Å². The van der Waals surface area contributed by atoms with Crippen molar-refractivity contribution in [3.05, 3.63) is 0 Å². The maximum atomic E-state index is 12.8. The summed E-state index contributed by atoms with van der Waals surface area (Å²) in [6.45, 7) is 2.66. The third-order valence-electron chi connectivity index (χ3n) is 6.27. The minimum absolute atomic E-state index is 0.0115. The Balaban J connectivity index is 1.81. The molecule has 1 heterocycles. The van der Waals surface area contributed by atoms with E-state index in [1.165, 1.54) is 12.8 Å². The summed E-state index contributed by atoms with van der Waals surface area (Å²) in [5.74, 6) is 0.780. The van der Waals surface area contributed by atoms with Crippen LogP contribution in [0.2, 0.25) is 0 Å². The third kappa shape index (κ3) is 2.52. The van der Waals surface area contributed by atoms with Gasteiger partial charge < -0.3 is 5.73 Å². The highest BCUT2D eigenvalue weighted by Crippen LogP contribution is 2.49. The topological polar surface area (TPSA) is 63.4 Å². The van der Waals surface area contributed by atoms with Crippen LogP contribution in [-0.4, -0.2) is 28.8 Å². The van der Waals surface area contributed by atoms with Crippen molar-refractivity contribution in [1.29, 1.82) is 0 Å². The summed E-state index contributed by atoms with van der Waals surface area (Å²) < 4.78 is 0. The number of hydrogen-bond donors (Lipinski definition) is 1. The molecular weight excluding hydrogens is 264 g/mol. The maximum absolute atomic E-state index is 12.8. The molecule has 3 fully saturated rings.